The lowest BCUT2D eigenvalue weighted by molar-refractivity contribution is 0.205. The Kier molecular flexibility index (Phi) is 6.26. The van der Waals surface area contributed by atoms with Crippen LogP contribution in [0.4, 0.5) is 14.9 Å². The van der Waals surface area contributed by atoms with Gasteiger partial charge in [-0.15, -0.1) is 0 Å². The topological polar surface area (TPSA) is 54.0 Å². The van der Waals surface area contributed by atoms with Crippen molar-refractivity contribution in [2.24, 2.45) is 0 Å². The summed E-state index contributed by atoms with van der Waals surface area (Å²) in [5.74, 6) is 1.30. The van der Waals surface area contributed by atoms with Crippen molar-refractivity contribution in [1.29, 1.82) is 0 Å². The summed E-state index contributed by atoms with van der Waals surface area (Å²) in [5.41, 5.74) is 4.98. The number of anilines is 1. The van der Waals surface area contributed by atoms with Gasteiger partial charge >= 0.3 is 6.03 Å². The van der Waals surface area contributed by atoms with Gasteiger partial charge in [0.2, 0.25) is 0 Å². The van der Waals surface area contributed by atoms with E-state index in [9.17, 15) is 9.18 Å². The molecule has 2 aliphatic rings. The highest BCUT2D eigenvalue weighted by atomic mass is 19.1. The fraction of sp³-hybridized carbons (Fsp3) is 0.400. The van der Waals surface area contributed by atoms with Gasteiger partial charge in [-0.2, -0.15) is 0 Å². The number of nitrogens with zero attached hydrogens (tertiary/aromatic N) is 2. The number of rotatable bonds is 4. The SMILES string of the molecule is CNC(=O)N1C=C(c2ccc(N3CC[C@@H](F)C3)cc2)c2cc(OC)c(OC)cc2CC1C. The lowest BCUT2D eigenvalue weighted by atomic mass is 9.92. The van der Waals surface area contributed by atoms with Crippen LogP contribution in [-0.2, 0) is 6.42 Å². The monoisotopic (exact) mass is 439 g/mol. The first-order chi connectivity index (χ1) is 15.4. The molecule has 2 heterocycles. The van der Waals surface area contributed by atoms with Crippen LogP contribution in [0.3, 0.4) is 0 Å². The van der Waals surface area contributed by atoms with Crippen molar-refractivity contribution in [2.45, 2.75) is 32.0 Å². The molecule has 0 spiro atoms. The van der Waals surface area contributed by atoms with E-state index in [2.05, 4.69) is 10.2 Å². The van der Waals surface area contributed by atoms with E-state index < -0.39 is 6.17 Å². The van der Waals surface area contributed by atoms with Crippen molar-refractivity contribution in [2.75, 3.05) is 39.3 Å². The average Bonchev–Trinajstić information content (AvgIpc) is 3.19. The smallest absolute Gasteiger partial charge is 0.321 e. The first kappa shape index (κ1) is 22.0. The van der Waals surface area contributed by atoms with Gasteiger partial charge in [-0.3, -0.25) is 4.90 Å². The fourth-order valence-corrected chi connectivity index (χ4v) is 4.52. The fourth-order valence-electron chi connectivity index (χ4n) is 4.52. The van der Waals surface area contributed by atoms with Crippen LogP contribution in [-0.4, -0.2) is 57.5 Å². The van der Waals surface area contributed by atoms with Crippen LogP contribution in [0.5, 0.6) is 11.5 Å². The molecule has 32 heavy (non-hydrogen) atoms. The lowest BCUT2D eigenvalue weighted by Gasteiger charge is -2.24. The second-order valence-electron chi connectivity index (χ2n) is 8.30. The van der Waals surface area contributed by atoms with Crippen molar-refractivity contribution in [1.82, 2.24) is 10.2 Å². The Balaban J connectivity index is 1.80. The normalized spacial score (nSPS) is 20.3. The largest absolute Gasteiger partial charge is 0.493 e. The van der Waals surface area contributed by atoms with Gasteiger partial charge in [0.25, 0.3) is 0 Å². The quantitative estimate of drug-likeness (QED) is 0.775. The second kappa shape index (κ2) is 9.10. The summed E-state index contributed by atoms with van der Waals surface area (Å²) in [6.45, 7) is 3.19. The van der Waals surface area contributed by atoms with E-state index in [0.29, 0.717) is 30.9 Å². The van der Waals surface area contributed by atoms with Crippen molar-refractivity contribution in [3.8, 4) is 11.5 Å². The van der Waals surface area contributed by atoms with Gasteiger partial charge in [0.15, 0.2) is 11.5 Å². The Hall–Kier alpha value is -3.22. The number of urea groups is 1. The minimum absolute atomic E-state index is 0.0466. The number of carbonyl (C=O) groups is 1. The number of hydrogen-bond donors (Lipinski definition) is 1. The number of alkyl halides is 1. The predicted octanol–water partition coefficient (Wildman–Crippen LogP) is 4.23. The summed E-state index contributed by atoms with van der Waals surface area (Å²) in [4.78, 5) is 16.4. The second-order valence-corrected chi connectivity index (χ2v) is 8.30. The predicted molar refractivity (Wildman–Crippen MR) is 124 cm³/mol. The molecule has 0 saturated carbocycles. The van der Waals surface area contributed by atoms with Crippen LogP contribution >= 0.6 is 0 Å². The summed E-state index contributed by atoms with van der Waals surface area (Å²) in [7, 11) is 4.87. The van der Waals surface area contributed by atoms with E-state index in [4.69, 9.17) is 9.47 Å². The zero-order valence-electron chi connectivity index (χ0n) is 19.0. The Bertz CT molecular complexity index is 1020. The summed E-state index contributed by atoms with van der Waals surface area (Å²) < 4.78 is 24.7. The van der Waals surface area contributed by atoms with E-state index in [0.717, 1.165) is 34.5 Å². The first-order valence-corrected chi connectivity index (χ1v) is 10.9. The molecule has 1 N–H and O–H groups in total. The van der Waals surface area contributed by atoms with Gasteiger partial charge in [0, 0.05) is 43.6 Å². The van der Waals surface area contributed by atoms with Gasteiger partial charge in [-0.1, -0.05) is 12.1 Å². The van der Waals surface area contributed by atoms with Crippen LogP contribution in [0.1, 0.15) is 30.0 Å². The van der Waals surface area contributed by atoms with E-state index in [1.54, 1.807) is 26.2 Å². The van der Waals surface area contributed by atoms with Crippen LogP contribution in [0.15, 0.2) is 42.6 Å². The van der Waals surface area contributed by atoms with Gasteiger partial charge in [-0.05, 0) is 60.7 Å². The molecule has 2 aliphatic heterocycles. The molecule has 2 aromatic carbocycles. The molecule has 1 fully saturated rings. The lowest BCUT2D eigenvalue weighted by Crippen LogP contribution is -2.40. The van der Waals surface area contributed by atoms with Gasteiger partial charge in [0.1, 0.15) is 6.17 Å². The molecule has 0 aliphatic carbocycles. The molecule has 6 nitrogen and oxygen atoms in total. The molecular weight excluding hydrogens is 409 g/mol. The maximum Gasteiger partial charge on any atom is 0.321 e. The Morgan fingerprint density at radius 2 is 1.81 bits per heavy atom. The van der Waals surface area contributed by atoms with Crippen LogP contribution in [0.2, 0.25) is 0 Å². The minimum atomic E-state index is -0.767. The third-order valence-electron chi connectivity index (χ3n) is 6.28. The highest BCUT2D eigenvalue weighted by Gasteiger charge is 2.27. The number of fused-ring (bicyclic) bond motifs is 1. The molecule has 7 heteroatoms. The Labute approximate surface area is 188 Å². The molecule has 1 unspecified atom stereocenters. The van der Waals surface area contributed by atoms with Crippen LogP contribution in [0, 0.1) is 0 Å². The third kappa shape index (κ3) is 4.11. The maximum absolute atomic E-state index is 13.6. The summed E-state index contributed by atoms with van der Waals surface area (Å²) in [6.07, 6.45) is 2.38. The zero-order chi connectivity index (χ0) is 22.8. The Morgan fingerprint density at radius 1 is 1.12 bits per heavy atom. The van der Waals surface area contributed by atoms with E-state index in [1.165, 1.54) is 0 Å². The van der Waals surface area contributed by atoms with E-state index in [-0.39, 0.29) is 12.1 Å². The summed E-state index contributed by atoms with van der Waals surface area (Å²) in [6, 6.07) is 11.9. The van der Waals surface area contributed by atoms with Crippen molar-refractivity contribution in [3.05, 3.63) is 59.3 Å². The number of halogens is 1. The molecule has 1 saturated heterocycles. The molecular formula is C25H30FN3O3. The molecule has 2 aromatic rings. The highest BCUT2D eigenvalue weighted by molar-refractivity contribution is 5.87. The summed E-state index contributed by atoms with van der Waals surface area (Å²) >= 11 is 0. The Morgan fingerprint density at radius 3 is 2.41 bits per heavy atom. The standard InChI is InChI=1S/C25H30FN3O3/c1-16-11-18-12-23(31-3)24(32-4)13-21(18)22(15-29(16)25(30)27-2)17-5-7-20(8-6-17)28-10-9-19(26)14-28/h5-8,12-13,15-16,19H,9-11,14H2,1-4H3,(H,27,30)/t16?,19-/m1/s1. The number of hydrogen-bond acceptors (Lipinski definition) is 4. The molecule has 4 rings (SSSR count). The van der Waals surface area contributed by atoms with E-state index in [1.807, 2.05) is 49.5 Å². The molecule has 0 radical (unpaired) electrons. The molecule has 170 valence electrons. The number of nitrogens with one attached hydrogen (secondary N) is 1. The number of methoxy groups -OCH3 is 2. The number of ether oxygens (including phenoxy) is 2. The molecule has 0 aromatic heterocycles. The van der Waals surface area contributed by atoms with Crippen LogP contribution < -0.4 is 19.7 Å². The van der Waals surface area contributed by atoms with Gasteiger partial charge in [0.05, 0.1) is 14.2 Å². The maximum atomic E-state index is 13.6. The average molecular weight is 440 g/mol. The summed E-state index contributed by atoms with van der Waals surface area (Å²) in [5, 5.41) is 2.74. The highest BCUT2D eigenvalue weighted by Crippen LogP contribution is 2.39. The molecule has 2 atom stereocenters. The van der Waals surface area contributed by atoms with Crippen molar-refractivity contribution >= 4 is 17.3 Å². The van der Waals surface area contributed by atoms with Crippen molar-refractivity contribution in [3.63, 3.8) is 0 Å². The minimum Gasteiger partial charge on any atom is -0.493 e. The molecule has 2 amide bonds. The van der Waals surface area contributed by atoms with Gasteiger partial charge < -0.3 is 19.7 Å². The molecule has 0 bridgehead atoms. The zero-order valence-corrected chi connectivity index (χ0v) is 19.0. The van der Waals surface area contributed by atoms with Gasteiger partial charge in [-0.25, -0.2) is 9.18 Å². The third-order valence-corrected chi connectivity index (χ3v) is 6.28. The number of carbonyl (C=O) groups excluding carboxylic acids is 1. The first-order valence-electron chi connectivity index (χ1n) is 10.9. The van der Waals surface area contributed by atoms with Crippen LogP contribution in [0.25, 0.3) is 5.57 Å². The van der Waals surface area contributed by atoms with E-state index >= 15 is 0 Å². The number of amides is 2. The number of benzene rings is 2. The van der Waals surface area contributed by atoms with Crippen molar-refractivity contribution < 1.29 is 18.7 Å².